The van der Waals surface area contributed by atoms with Crippen molar-refractivity contribution in [1.82, 2.24) is 4.90 Å². The largest absolute Gasteiger partial charge is 0.481 e. The first-order valence-electron chi connectivity index (χ1n) is 5.89. The maximum absolute atomic E-state index is 11.9. The van der Waals surface area contributed by atoms with Crippen molar-refractivity contribution in [3.63, 3.8) is 0 Å². The first kappa shape index (κ1) is 14.4. The average Bonchev–Trinajstić information content (AvgIpc) is 3.08. The zero-order chi connectivity index (χ0) is 13.7. The summed E-state index contributed by atoms with van der Waals surface area (Å²) in [7, 11) is 0. The molecule has 0 aromatic heterocycles. The molecule has 1 fully saturated rings. The van der Waals surface area contributed by atoms with Crippen molar-refractivity contribution in [2.24, 2.45) is 5.73 Å². The van der Waals surface area contributed by atoms with Crippen LogP contribution < -0.4 is 5.73 Å². The Kier molecular flexibility index (Phi) is 5.08. The van der Waals surface area contributed by atoms with E-state index in [9.17, 15) is 14.4 Å². The standard InChI is InChI=1S/C11H18N2O5/c1-2-18-10(16)6-13(7-3-4-7)11(17)8(12)5-9(14)15/h7-8H,2-6,12H2,1H3,(H,14,15). The Morgan fingerprint density at radius 3 is 2.50 bits per heavy atom. The Labute approximate surface area is 105 Å². The quantitative estimate of drug-likeness (QED) is 0.587. The zero-order valence-electron chi connectivity index (χ0n) is 10.3. The summed E-state index contributed by atoms with van der Waals surface area (Å²) in [5.41, 5.74) is 5.51. The Morgan fingerprint density at radius 1 is 1.44 bits per heavy atom. The third kappa shape index (κ3) is 4.33. The highest BCUT2D eigenvalue weighted by molar-refractivity contribution is 5.89. The van der Waals surface area contributed by atoms with Gasteiger partial charge in [0.25, 0.3) is 0 Å². The first-order valence-corrected chi connectivity index (χ1v) is 5.89. The third-order valence-electron chi connectivity index (χ3n) is 2.59. The van der Waals surface area contributed by atoms with Gasteiger partial charge in [0.15, 0.2) is 0 Å². The van der Waals surface area contributed by atoms with E-state index in [1.165, 1.54) is 4.90 Å². The van der Waals surface area contributed by atoms with Crippen molar-refractivity contribution in [3.8, 4) is 0 Å². The topological polar surface area (TPSA) is 110 Å². The van der Waals surface area contributed by atoms with E-state index < -0.39 is 30.3 Å². The molecule has 18 heavy (non-hydrogen) atoms. The van der Waals surface area contributed by atoms with Gasteiger partial charge in [0.05, 0.1) is 19.1 Å². The minimum atomic E-state index is -1.14. The molecule has 1 aliphatic carbocycles. The molecule has 1 atom stereocenters. The van der Waals surface area contributed by atoms with Gasteiger partial charge in [-0.05, 0) is 19.8 Å². The maximum atomic E-state index is 11.9. The number of hydrogen-bond donors (Lipinski definition) is 2. The number of carbonyl (C=O) groups is 3. The predicted molar refractivity (Wildman–Crippen MR) is 61.6 cm³/mol. The molecule has 0 bridgehead atoms. The molecule has 1 aliphatic rings. The molecule has 3 N–H and O–H groups in total. The summed E-state index contributed by atoms with van der Waals surface area (Å²) in [6.07, 6.45) is 1.18. The van der Waals surface area contributed by atoms with E-state index in [2.05, 4.69) is 0 Å². The smallest absolute Gasteiger partial charge is 0.325 e. The Morgan fingerprint density at radius 2 is 2.06 bits per heavy atom. The lowest BCUT2D eigenvalue weighted by molar-refractivity contribution is -0.150. The summed E-state index contributed by atoms with van der Waals surface area (Å²) in [4.78, 5) is 35.1. The van der Waals surface area contributed by atoms with Gasteiger partial charge in [-0.2, -0.15) is 0 Å². The molecule has 1 rings (SSSR count). The van der Waals surface area contributed by atoms with Gasteiger partial charge in [-0.3, -0.25) is 14.4 Å². The van der Waals surface area contributed by atoms with E-state index in [0.29, 0.717) is 0 Å². The number of rotatable bonds is 7. The van der Waals surface area contributed by atoms with Crippen molar-refractivity contribution in [2.45, 2.75) is 38.3 Å². The van der Waals surface area contributed by atoms with Crippen LogP contribution in [-0.4, -0.2) is 53.1 Å². The number of carboxylic acid groups (broad SMARTS) is 1. The Bertz CT molecular complexity index is 340. The fourth-order valence-corrected chi connectivity index (χ4v) is 1.61. The predicted octanol–water partition coefficient (Wildman–Crippen LogP) is -0.657. The highest BCUT2D eigenvalue weighted by Crippen LogP contribution is 2.27. The van der Waals surface area contributed by atoms with Crippen LogP contribution in [0.5, 0.6) is 0 Å². The highest BCUT2D eigenvalue weighted by Gasteiger charge is 2.36. The molecular formula is C11H18N2O5. The molecule has 1 unspecified atom stereocenters. The van der Waals surface area contributed by atoms with Gasteiger partial charge in [0.2, 0.25) is 5.91 Å². The number of nitrogens with zero attached hydrogens (tertiary/aromatic N) is 1. The maximum Gasteiger partial charge on any atom is 0.325 e. The Balaban J connectivity index is 2.58. The van der Waals surface area contributed by atoms with Crippen LogP contribution in [0.15, 0.2) is 0 Å². The van der Waals surface area contributed by atoms with Gasteiger partial charge in [-0.25, -0.2) is 0 Å². The van der Waals surface area contributed by atoms with Crippen LogP contribution in [0.4, 0.5) is 0 Å². The lowest BCUT2D eigenvalue weighted by atomic mass is 10.2. The molecule has 7 heteroatoms. The SMILES string of the molecule is CCOC(=O)CN(C(=O)C(N)CC(=O)O)C1CC1. The lowest BCUT2D eigenvalue weighted by Gasteiger charge is -2.24. The van der Waals surface area contributed by atoms with Gasteiger partial charge < -0.3 is 20.5 Å². The van der Waals surface area contributed by atoms with Crippen molar-refractivity contribution in [3.05, 3.63) is 0 Å². The fourth-order valence-electron chi connectivity index (χ4n) is 1.61. The van der Waals surface area contributed by atoms with Gasteiger partial charge in [-0.1, -0.05) is 0 Å². The summed E-state index contributed by atoms with van der Waals surface area (Å²) in [6.45, 7) is 1.76. The molecule has 0 heterocycles. The van der Waals surface area contributed by atoms with E-state index in [1.807, 2.05) is 0 Å². The fraction of sp³-hybridized carbons (Fsp3) is 0.727. The first-order chi connectivity index (χ1) is 8.45. The van der Waals surface area contributed by atoms with E-state index in [4.69, 9.17) is 15.6 Å². The molecule has 102 valence electrons. The molecule has 0 radical (unpaired) electrons. The molecule has 0 spiro atoms. The van der Waals surface area contributed by atoms with Gasteiger partial charge >= 0.3 is 11.9 Å². The third-order valence-corrected chi connectivity index (χ3v) is 2.59. The number of carboxylic acids is 1. The van der Waals surface area contributed by atoms with Crippen LogP contribution in [0.3, 0.4) is 0 Å². The second-order valence-corrected chi connectivity index (χ2v) is 4.21. The van der Waals surface area contributed by atoms with Crippen LogP contribution in [0.25, 0.3) is 0 Å². The number of carbonyl (C=O) groups excluding carboxylic acids is 2. The summed E-state index contributed by atoms with van der Waals surface area (Å²) >= 11 is 0. The van der Waals surface area contributed by atoms with Crippen LogP contribution >= 0.6 is 0 Å². The summed E-state index contributed by atoms with van der Waals surface area (Å²) in [5.74, 6) is -2.14. The van der Waals surface area contributed by atoms with Gasteiger partial charge in [0.1, 0.15) is 6.54 Å². The molecule has 1 saturated carbocycles. The van der Waals surface area contributed by atoms with Gasteiger partial charge in [-0.15, -0.1) is 0 Å². The van der Waals surface area contributed by atoms with E-state index in [1.54, 1.807) is 6.92 Å². The zero-order valence-corrected chi connectivity index (χ0v) is 10.3. The minimum absolute atomic E-state index is 0.0123. The van der Waals surface area contributed by atoms with E-state index in [0.717, 1.165) is 12.8 Å². The normalized spacial score (nSPS) is 15.9. The number of esters is 1. The number of nitrogens with two attached hydrogens (primary N) is 1. The van der Waals surface area contributed by atoms with Crippen molar-refractivity contribution < 1.29 is 24.2 Å². The van der Waals surface area contributed by atoms with Crippen molar-refractivity contribution in [1.29, 1.82) is 0 Å². The summed E-state index contributed by atoms with van der Waals surface area (Å²) in [5, 5.41) is 8.59. The Hall–Kier alpha value is -1.63. The van der Waals surface area contributed by atoms with Crippen LogP contribution in [0.1, 0.15) is 26.2 Å². The molecule has 0 aromatic rings. The molecule has 0 saturated heterocycles. The summed E-state index contributed by atoms with van der Waals surface area (Å²) < 4.78 is 4.77. The second kappa shape index (κ2) is 6.34. The summed E-state index contributed by atoms with van der Waals surface area (Å²) in [6, 6.07) is -1.13. The highest BCUT2D eigenvalue weighted by atomic mass is 16.5. The number of hydrogen-bond acceptors (Lipinski definition) is 5. The number of ether oxygens (including phenoxy) is 1. The monoisotopic (exact) mass is 258 g/mol. The average molecular weight is 258 g/mol. The van der Waals surface area contributed by atoms with Gasteiger partial charge in [0, 0.05) is 6.04 Å². The van der Waals surface area contributed by atoms with Crippen molar-refractivity contribution >= 4 is 17.8 Å². The van der Waals surface area contributed by atoms with E-state index >= 15 is 0 Å². The van der Waals surface area contributed by atoms with Crippen LogP contribution in [-0.2, 0) is 19.1 Å². The molecule has 1 amide bonds. The molecular weight excluding hydrogens is 240 g/mol. The van der Waals surface area contributed by atoms with Crippen LogP contribution in [0, 0.1) is 0 Å². The van der Waals surface area contributed by atoms with E-state index in [-0.39, 0.29) is 19.2 Å². The lowest BCUT2D eigenvalue weighted by Crippen LogP contribution is -2.48. The second-order valence-electron chi connectivity index (χ2n) is 4.21. The van der Waals surface area contributed by atoms with Crippen molar-refractivity contribution in [2.75, 3.05) is 13.2 Å². The molecule has 0 aliphatic heterocycles. The van der Waals surface area contributed by atoms with Crippen LogP contribution in [0.2, 0.25) is 0 Å². The number of amides is 1. The number of aliphatic carboxylic acids is 1. The molecule has 0 aromatic carbocycles. The minimum Gasteiger partial charge on any atom is -0.481 e. The molecule has 7 nitrogen and oxygen atoms in total.